The first-order chi connectivity index (χ1) is 9.32. The largest absolute Gasteiger partial charge is 0.416 e. The van der Waals surface area contributed by atoms with E-state index in [1.807, 2.05) is 0 Å². The maximum absolute atomic E-state index is 12.8. The highest BCUT2D eigenvalue weighted by Crippen LogP contribution is 2.34. The number of carbonyl (C=O) groups is 1. The summed E-state index contributed by atoms with van der Waals surface area (Å²) in [5.74, 6) is -0.583. The molecule has 0 aliphatic carbocycles. The summed E-state index contributed by atoms with van der Waals surface area (Å²) in [6.45, 7) is 1.95. The summed E-state index contributed by atoms with van der Waals surface area (Å²) in [6.07, 6.45) is -4.38. The lowest BCUT2D eigenvalue weighted by molar-refractivity contribution is -0.138. The van der Waals surface area contributed by atoms with Crippen LogP contribution in [0.3, 0.4) is 0 Å². The monoisotopic (exact) mass is 290 g/mol. The minimum atomic E-state index is -4.38. The number of benzene rings is 1. The molecule has 0 radical (unpaired) electrons. The first-order valence-electron chi connectivity index (χ1n) is 6.08. The van der Waals surface area contributed by atoms with Gasteiger partial charge < -0.3 is 15.8 Å². The third-order valence-corrected chi connectivity index (χ3v) is 2.67. The minimum Gasteiger partial charge on any atom is -0.370 e. The van der Waals surface area contributed by atoms with Crippen LogP contribution in [0.1, 0.15) is 24.1 Å². The molecule has 1 aromatic rings. The standard InChI is InChI=1S/C13H17F3N2O2/c1-9(18-6-7-20-8-12(17)19)10-4-2-3-5-11(10)13(14,15)16/h2-5,9,18H,6-8H2,1H3,(H2,17,19). The number of primary amides is 1. The molecule has 0 aliphatic heterocycles. The predicted molar refractivity (Wildman–Crippen MR) is 67.9 cm³/mol. The molecule has 7 heteroatoms. The number of nitrogens with two attached hydrogens (primary N) is 1. The van der Waals surface area contributed by atoms with E-state index >= 15 is 0 Å². The van der Waals surface area contributed by atoms with Gasteiger partial charge in [0.1, 0.15) is 6.61 Å². The molecular formula is C13H17F3N2O2. The van der Waals surface area contributed by atoms with Crippen molar-refractivity contribution >= 4 is 5.91 Å². The van der Waals surface area contributed by atoms with Crippen molar-refractivity contribution in [3.8, 4) is 0 Å². The van der Waals surface area contributed by atoms with Crippen LogP contribution in [-0.2, 0) is 15.7 Å². The molecule has 1 amide bonds. The molecule has 4 nitrogen and oxygen atoms in total. The zero-order valence-corrected chi connectivity index (χ0v) is 11.0. The van der Waals surface area contributed by atoms with Gasteiger partial charge in [0.05, 0.1) is 12.2 Å². The van der Waals surface area contributed by atoms with Gasteiger partial charge in [0.2, 0.25) is 5.91 Å². The van der Waals surface area contributed by atoms with Crippen molar-refractivity contribution in [2.75, 3.05) is 19.8 Å². The van der Waals surface area contributed by atoms with Crippen LogP contribution < -0.4 is 11.1 Å². The van der Waals surface area contributed by atoms with E-state index < -0.39 is 23.7 Å². The van der Waals surface area contributed by atoms with Crippen molar-refractivity contribution in [2.45, 2.75) is 19.1 Å². The highest BCUT2D eigenvalue weighted by molar-refractivity contribution is 5.74. The van der Waals surface area contributed by atoms with Crippen LogP contribution in [-0.4, -0.2) is 25.7 Å². The Hall–Kier alpha value is -1.60. The molecule has 0 saturated carbocycles. The Kier molecular flexibility index (Phi) is 5.97. The summed E-state index contributed by atoms with van der Waals surface area (Å²) >= 11 is 0. The second kappa shape index (κ2) is 7.25. The van der Waals surface area contributed by atoms with Gasteiger partial charge in [-0.25, -0.2) is 0 Å². The second-order valence-electron chi connectivity index (χ2n) is 4.28. The number of alkyl halides is 3. The Morgan fingerprint density at radius 2 is 2.05 bits per heavy atom. The summed E-state index contributed by atoms with van der Waals surface area (Å²) < 4.78 is 43.4. The van der Waals surface area contributed by atoms with Crippen molar-refractivity contribution in [2.24, 2.45) is 5.73 Å². The lowest BCUT2D eigenvalue weighted by atomic mass is 10.0. The van der Waals surface area contributed by atoms with Gasteiger partial charge >= 0.3 is 6.18 Å². The Bertz CT molecular complexity index is 449. The van der Waals surface area contributed by atoms with E-state index in [-0.39, 0.29) is 18.8 Å². The molecule has 1 atom stereocenters. The lowest BCUT2D eigenvalue weighted by Crippen LogP contribution is -2.27. The second-order valence-corrected chi connectivity index (χ2v) is 4.28. The molecule has 1 unspecified atom stereocenters. The third-order valence-electron chi connectivity index (χ3n) is 2.67. The number of halogens is 3. The van der Waals surface area contributed by atoms with Gasteiger partial charge in [-0.3, -0.25) is 4.79 Å². The van der Waals surface area contributed by atoms with E-state index in [0.29, 0.717) is 6.54 Å². The van der Waals surface area contributed by atoms with E-state index in [1.54, 1.807) is 13.0 Å². The third kappa shape index (κ3) is 5.18. The fraction of sp³-hybridized carbons (Fsp3) is 0.462. The molecule has 1 rings (SSSR count). The Labute approximate surface area is 115 Å². The maximum atomic E-state index is 12.8. The Balaban J connectivity index is 2.55. The first-order valence-corrected chi connectivity index (χ1v) is 6.08. The van der Waals surface area contributed by atoms with Gasteiger partial charge in [0.25, 0.3) is 0 Å². The molecule has 0 aliphatic rings. The van der Waals surface area contributed by atoms with Gasteiger partial charge in [-0.1, -0.05) is 18.2 Å². The van der Waals surface area contributed by atoms with Crippen molar-refractivity contribution < 1.29 is 22.7 Å². The smallest absolute Gasteiger partial charge is 0.370 e. The molecule has 112 valence electrons. The van der Waals surface area contributed by atoms with E-state index in [2.05, 4.69) is 5.32 Å². The molecule has 20 heavy (non-hydrogen) atoms. The topological polar surface area (TPSA) is 64.3 Å². The van der Waals surface area contributed by atoms with Gasteiger partial charge in [0, 0.05) is 12.6 Å². The number of ether oxygens (including phenoxy) is 1. The number of carbonyl (C=O) groups excluding carboxylic acids is 1. The van der Waals surface area contributed by atoms with Gasteiger partial charge in [0.15, 0.2) is 0 Å². The van der Waals surface area contributed by atoms with E-state index in [9.17, 15) is 18.0 Å². The van der Waals surface area contributed by atoms with Crippen LogP contribution in [0.15, 0.2) is 24.3 Å². The predicted octanol–water partition coefficient (Wildman–Crippen LogP) is 1.86. The lowest BCUT2D eigenvalue weighted by Gasteiger charge is -2.19. The highest BCUT2D eigenvalue weighted by Gasteiger charge is 2.33. The number of hydrogen-bond acceptors (Lipinski definition) is 3. The van der Waals surface area contributed by atoms with Gasteiger partial charge in [-0.05, 0) is 18.6 Å². The fourth-order valence-corrected chi connectivity index (χ4v) is 1.76. The van der Waals surface area contributed by atoms with Crippen LogP contribution in [0.5, 0.6) is 0 Å². The van der Waals surface area contributed by atoms with Crippen molar-refractivity contribution in [1.82, 2.24) is 5.32 Å². The molecule has 0 spiro atoms. The molecule has 0 heterocycles. The normalized spacial score (nSPS) is 13.2. The molecule has 0 fully saturated rings. The average Bonchev–Trinajstić information content (AvgIpc) is 2.36. The summed E-state index contributed by atoms with van der Waals surface area (Å²) in [7, 11) is 0. The average molecular weight is 290 g/mol. The quantitative estimate of drug-likeness (QED) is 0.753. The van der Waals surface area contributed by atoms with Gasteiger partial charge in [-0.2, -0.15) is 13.2 Å². The maximum Gasteiger partial charge on any atom is 0.416 e. The van der Waals surface area contributed by atoms with Crippen molar-refractivity contribution in [1.29, 1.82) is 0 Å². The van der Waals surface area contributed by atoms with E-state index in [1.165, 1.54) is 12.1 Å². The molecule has 0 saturated heterocycles. The molecule has 0 aromatic heterocycles. The van der Waals surface area contributed by atoms with E-state index in [4.69, 9.17) is 10.5 Å². The number of hydrogen-bond donors (Lipinski definition) is 2. The number of rotatable bonds is 7. The number of nitrogens with one attached hydrogen (secondary N) is 1. The Morgan fingerprint density at radius 1 is 1.40 bits per heavy atom. The molecule has 0 bridgehead atoms. The van der Waals surface area contributed by atoms with Crippen molar-refractivity contribution in [3.05, 3.63) is 35.4 Å². The van der Waals surface area contributed by atoms with Crippen LogP contribution in [0.4, 0.5) is 13.2 Å². The number of amides is 1. The molecule has 3 N–H and O–H groups in total. The zero-order valence-electron chi connectivity index (χ0n) is 11.0. The summed E-state index contributed by atoms with van der Waals surface area (Å²) in [5, 5.41) is 2.91. The summed E-state index contributed by atoms with van der Waals surface area (Å²) in [4.78, 5) is 10.4. The first kappa shape index (κ1) is 16.5. The molecular weight excluding hydrogens is 273 g/mol. The van der Waals surface area contributed by atoms with Crippen LogP contribution in [0.25, 0.3) is 0 Å². The zero-order chi connectivity index (χ0) is 15.2. The highest BCUT2D eigenvalue weighted by atomic mass is 19.4. The fourth-order valence-electron chi connectivity index (χ4n) is 1.76. The summed E-state index contributed by atoms with van der Waals surface area (Å²) in [5.41, 5.74) is 4.41. The Morgan fingerprint density at radius 3 is 2.65 bits per heavy atom. The minimum absolute atomic E-state index is 0.176. The van der Waals surface area contributed by atoms with E-state index in [0.717, 1.165) is 6.07 Å². The van der Waals surface area contributed by atoms with Crippen molar-refractivity contribution in [3.63, 3.8) is 0 Å². The van der Waals surface area contributed by atoms with Gasteiger partial charge in [-0.15, -0.1) is 0 Å². The molecule has 1 aromatic carbocycles. The van der Waals surface area contributed by atoms with Crippen LogP contribution >= 0.6 is 0 Å². The summed E-state index contributed by atoms with van der Waals surface area (Å²) in [6, 6.07) is 4.92. The van der Waals surface area contributed by atoms with Crippen LogP contribution in [0.2, 0.25) is 0 Å². The van der Waals surface area contributed by atoms with Crippen LogP contribution in [0, 0.1) is 0 Å². The SMILES string of the molecule is CC(NCCOCC(N)=O)c1ccccc1C(F)(F)F.